The van der Waals surface area contributed by atoms with E-state index in [1.807, 2.05) is 42.5 Å². The number of methoxy groups -OCH3 is 1. The van der Waals surface area contributed by atoms with Crippen molar-refractivity contribution >= 4 is 0 Å². The molecule has 2 aromatic carbocycles. The van der Waals surface area contributed by atoms with Crippen molar-refractivity contribution in [1.29, 1.82) is 0 Å². The first-order valence-electron chi connectivity index (χ1n) is 9.22. The molecule has 0 aromatic heterocycles. The van der Waals surface area contributed by atoms with Crippen LogP contribution in [0.1, 0.15) is 34.5 Å². The molecular weight excluding hydrogens is 364 g/mol. The Hall–Kier alpha value is -2.00. The van der Waals surface area contributed by atoms with E-state index in [4.69, 9.17) is 14.2 Å². The van der Waals surface area contributed by atoms with Gasteiger partial charge in [-0.25, -0.2) is 0 Å². The van der Waals surface area contributed by atoms with Crippen molar-refractivity contribution in [2.45, 2.75) is 43.2 Å². The maximum Gasteiger partial charge on any atom is 0.118 e. The summed E-state index contributed by atoms with van der Waals surface area (Å²) in [6.45, 7) is 0.0188. The molecule has 7 nitrogen and oxygen atoms in total. The zero-order chi connectivity index (χ0) is 19.8. The molecule has 0 saturated carbocycles. The molecule has 2 aromatic rings. The van der Waals surface area contributed by atoms with Crippen molar-refractivity contribution in [3.8, 4) is 5.75 Å². The SMILES string of the molecule is COc1ccc(C2OCc3ccc([C@@H]4O[C@H](CO)[C@@H](O)[C@H](O)[C@H]4O)cc32)cc1. The zero-order valence-electron chi connectivity index (χ0n) is 15.4. The van der Waals surface area contributed by atoms with Gasteiger partial charge in [0, 0.05) is 0 Å². The van der Waals surface area contributed by atoms with Crippen molar-refractivity contribution in [2.24, 2.45) is 0 Å². The number of ether oxygens (including phenoxy) is 3. The summed E-state index contributed by atoms with van der Waals surface area (Å²) in [5, 5.41) is 39.9. The van der Waals surface area contributed by atoms with Crippen LogP contribution in [0.5, 0.6) is 5.75 Å². The van der Waals surface area contributed by atoms with Gasteiger partial charge in [0.25, 0.3) is 0 Å². The highest BCUT2D eigenvalue weighted by molar-refractivity contribution is 5.43. The van der Waals surface area contributed by atoms with Gasteiger partial charge in [-0.3, -0.25) is 0 Å². The molecule has 0 bridgehead atoms. The Labute approximate surface area is 162 Å². The van der Waals surface area contributed by atoms with Gasteiger partial charge in [0.05, 0.1) is 20.3 Å². The van der Waals surface area contributed by atoms with E-state index in [1.54, 1.807) is 7.11 Å². The summed E-state index contributed by atoms with van der Waals surface area (Å²) in [6.07, 6.45) is -6.15. The smallest absolute Gasteiger partial charge is 0.118 e. The van der Waals surface area contributed by atoms with Gasteiger partial charge in [0.1, 0.15) is 42.4 Å². The molecule has 1 unspecified atom stereocenters. The monoisotopic (exact) mass is 388 g/mol. The second-order valence-corrected chi connectivity index (χ2v) is 7.17. The minimum Gasteiger partial charge on any atom is -0.497 e. The minimum absolute atomic E-state index is 0.259. The molecule has 1 saturated heterocycles. The van der Waals surface area contributed by atoms with Crippen molar-refractivity contribution in [3.63, 3.8) is 0 Å². The van der Waals surface area contributed by atoms with Crippen LogP contribution in [0.15, 0.2) is 42.5 Å². The topological polar surface area (TPSA) is 109 Å². The Morgan fingerprint density at radius 2 is 1.68 bits per heavy atom. The third kappa shape index (κ3) is 3.30. The Bertz CT molecular complexity index is 820. The quantitative estimate of drug-likeness (QED) is 0.614. The van der Waals surface area contributed by atoms with E-state index in [0.717, 1.165) is 22.4 Å². The summed E-state index contributed by atoms with van der Waals surface area (Å²) in [6, 6.07) is 13.2. The zero-order valence-corrected chi connectivity index (χ0v) is 15.4. The average molecular weight is 388 g/mol. The molecular formula is C21H24O7. The van der Waals surface area contributed by atoms with Gasteiger partial charge in [-0.2, -0.15) is 0 Å². The number of aliphatic hydroxyl groups excluding tert-OH is 4. The van der Waals surface area contributed by atoms with Crippen LogP contribution in [0.25, 0.3) is 0 Å². The lowest BCUT2D eigenvalue weighted by atomic mass is 9.89. The second kappa shape index (κ2) is 7.79. The van der Waals surface area contributed by atoms with E-state index in [9.17, 15) is 20.4 Å². The van der Waals surface area contributed by atoms with E-state index < -0.39 is 37.1 Å². The predicted molar refractivity (Wildman–Crippen MR) is 98.8 cm³/mol. The summed E-state index contributed by atoms with van der Waals surface area (Å²) < 4.78 is 16.8. The molecule has 0 spiro atoms. The van der Waals surface area contributed by atoms with Crippen molar-refractivity contribution < 1.29 is 34.6 Å². The van der Waals surface area contributed by atoms with Crippen LogP contribution >= 0.6 is 0 Å². The first-order valence-corrected chi connectivity index (χ1v) is 9.22. The number of hydrogen-bond acceptors (Lipinski definition) is 7. The molecule has 2 aliphatic rings. The Morgan fingerprint density at radius 1 is 0.964 bits per heavy atom. The lowest BCUT2D eigenvalue weighted by Gasteiger charge is -2.40. The molecule has 7 heteroatoms. The van der Waals surface area contributed by atoms with Crippen LogP contribution in [0, 0.1) is 0 Å². The largest absolute Gasteiger partial charge is 0.497 e. The van der Waals surface area contributed by atoms with Crippen LogP contribution < -0.4 is 4.74 Å². The van der Waals surface area contributed by atoms with Crippen LogP contribution in [0.3, 0.4) is 0 Å². The van der Waals surface area contributed by atoms with Gasteiger partial charge < -0.3 is 34.6 Å². The molecule has 0 radical (unpaired) electrons. The highest BCUT2D eigenvalue weighted by Crippen LogP contribution is 2.40. The number of fused-ring (bicyclic) bond motifs is 1. The van der Waals surface area contributed by atoms with Gasteiger partial charge in [-0.1, -0.05) is 24.3 Å². The molecule has 4 N–H and O–H groups in total. The molecule has 2 aliphatic heterocycles. The van der Waals surface area contributed by atoms with E-state index in [-0.39, 0.29) is 6.10 Å². The Morgan fingerprint density at radius 3 is 2.36 bits per heavy atom. The van der Waals surface area contributed by atoms with Crippen LogP contribution in [-0.4, -0.2) is 58.6 Å². The maximum atomic E-state index is 10.4. The third-order valence-corrected chi connectivity index (χ3v) is 5.50. The standard InChI is InChI=1S/C21H24O7/c1-26-14-6-4-11(5-7-14)20-15-8-12(2-3-13(15)10-27-20)21-19(25)18(24)17(23)16(9-22)28-21/h2-8,16-25H,9-10H2,1H3/t16-,17-,18+,19-,20?,21+/m1/s1. The van der Waals surface area contributed by atoms with Crippen LogP contribution in [0.4, 0.5) is 0 Å². The predicted octanol–water partition coefficient (Wildman–Crippen LogP) is 0.830. The summed E-state index contributed by atoms with van der Waals surface area (Å²) in [4.78, 5) is 0. The Kier molecular flexibility index (Phi) is 5.37. The maximum absolute atomic E-state index is 10.4. The molecule has 0 aliphatic carbocycles. The highest BCUT2D eigenvalue weighted by Gasteiger charge is 2.44. The third-order valence-electron chi connectivity index (χ3n) is 5.50. The summed E-state index contributed by atoms with van der Waals surface area (Å²) >= 11 is 0. The van der Waals surface area contributed by atoms with Crippen molar-refractivity contribution in [3.05, 3.63) is 64.7 Å². The van der Waals surface area contributed by atoms with Crippen LogP contribution in [0.2, 0.25) is 0 Å². The second-order valence-electron chi connectivity index (χ2n) is 7.17. The highest BCUT2D eigenvalue weighted by atomic mass is 16.5. The van der Waals surface area contributed by atoms with Gasteiger partial charge in [-0.05, 0) is 40.5 Å². The van der Waals surface area contributed by atoms with E-state index in [1.165, 1.54) is 0 Å². The molecule has 0 amide bonds. The van der Waals surface area contributed by atoms with Crippen molar-refractivity contribution in [1.82, 2.24) is 0 Å². The Balaban J connectivity index is 1.64. The number of benzene rings is 2. The van der Waals surface area contributed by atoms with Gasteiger partial charge in [0.2, 0.25) is 0 Å². The van der Waals surface area contributed by atoms with Gasteiger partial charge >= 0.3 is 0 Å². The minimum atomic E-state index is -1.40. The molecule has 6 atom stereocenters. The summed E-state index contributed by atoms with van der Waals surface area (Å²) in [7, 11) is 1.61. The first-order chi connectivity index (χ1) is 13.5. The first kappa shape index (κ1) is 19.3. The fraction of sp³-hybridized carbons (Fsp3) is 0.429. The lowest BCUT2D eigenvalue weighted by molar-refractivity contribution is -0.231. The number of rotatable bonds is 4. The van der Waals surface area contributed by atoms with Crippen LogP contribution in [-0.2, 0) is 16.1 Å². The van der Waals surface area contributed by atoms with E-state index in [0.29, 0.717) is 12.2 Å². The summed E-state index contributed by atoms with van der Waals surface area (Å²) in [5.74, 6) is 0.761. The molecule has 150 valence electrons. The normalized spacial score (nSPS) is 32.2. The molecule has 4 rings (SSSR count). The van der Waals surface area contributed by atoms with E-state index >= 15 is 0 Å². The summed E-state index contributed by atoms with van der Waals surface area (Å²) in [5.41, 5.74) is 3.62. The van der Waals surface area contributed by atoms with Gasteiger partial charge in [-0.15, -0.1) is 0 Å². The number of aliphatic hydroxyl groups is 4. The molecule has 28 heavy (non-hydrogen) atoms. The average Bonchev–Trinajstić information content (AvgIpc) is 3.15. The fourth-order valence-corrected chi connectivity index (χ4v) is 3.86. The van der Waals surface area contributed by atoms with Gasteiger partial charge in [0.15, 0.2) is 0 Å². The fourth-order valence-electron chi connectivity index (χ4n) is 3.86. The van der Waals surface area contributed by atoms with E-state index in [2.05, 4.69) is 0 Å². The molecule has 1 fully saturated rings. The number of hydrogen-bond donors (Lipinski definition) is 4. The van der Waals surface area contributed by atoms with Crippen molar-refractivity contribution in [2.75, 3.05) is 13.7 Å². The lowest BCUT2D eigenvalue weighted by Crippen LogP contribution is -2.55. The molecule has 2 heterocycles.